The van der Waals surface area contributed by atoms with E-state index in [0.29, 0.717) is 5.75 Å². The van der Waals surface area contributed by atoms with Crippen molar-refractivity contribution < 1.29 is 14.2 Å². The van der Waals surface area contributed by atoms with Gasteiger partial charge in [0, 0.05) is 12.1 Å². The molecule has 0 aliphatic carbocycles. The molecule has 0 unspecified atom stereocenters. The van der Waals surface area contributed by atoms with Gasteiger partial charge in [-0.3, -0.25) is 0 Å². The maximum Gasteiger partial charge on any atom is 0.231 e. The van der Waals surface area contributed by atoms with Gasteiger partial charge in [-0.25, -0.2) is 0 Å². The third-order valence-electron chi connectivity index (χ3n) is 2.21. The summed E-state index contributed by atoms with van der Waals surface area (Å²) in [6.45, 7) is 0.985. The van der Waals surface area contributed by atoms with E-state index in [1.54, 1.807) is 7.11 Å². The third-order valence-corrected chi connectivity index (χ3v) is 2.93. The van der Waals surface area contributed by atoms with Crippen LogP contribution in [0.5, 0.6) is 17.2 Å². The first-order valence-electron chi connectivity index (χ1n) is 4.57. The van der Waals surface area contributed by atoms with Crippen LogP contribution in [0, 0.1) is 0 Å². The van der Waals surface area contributed by atoms with E-state index in [1.165, 1.54) is 0 Å². The summed E-state index contributed by atoms with van der Waals surface area (Å²) in [7, 11) is 3.53. The molecule has 2 rings (SSSR count). The summed E-state index contributed by atoms with van der Waals surface area (Å²) in [6.07, 6.45) is 0. The van der Waals surface area contributed by atoms with Gasteiger partial charge in [-0.15, -0.1) is 0 Å². The predicted molar refractivity (Wildman–Crippen MR) is 59.6 cm³/mol. The molecule has 0 radical (unpaired) electrons. The van der Waals surface area contributed by atoms with Crippen LogP contribution < -0.4 is 19.5 Å². The SMILES string of the molecule is CNCc1cc2c(c(Br)c1OC)OCO2. The number of methoxy groups -OCH3 is 1. The number of halogens is 1. The molecule has 1 aromatic rings. The van der Waals surface area contributed by atoms with Crippen LogP contribution >= 0.6 is 15.9 Å². The normalized spacial score (nSPS) is 13.0. The highest BCUT2D eigenvalue weighted by Crippen LogP contribution is 2.46. The van der Waals surface area contributed by atoms with Crippen molar-refractivity contribution in [2.45, 2.75) is 6.54 Å². The van der Waals surface area contributed by atoms with E-state index in [0.717, 1.165) is 28.1 Å². The molecule has 0 saturated carbocycles. The second kappa shape index (κ2) is 4.28. The van der Waals surface area contributed by atoms with Crippen LogP contribution in [0.15, 0.2) is 10.5 Å². The van der Waals surface area contributed by atoms with Gasteiger partial charge < -0.3 is 19.5 Å². The Bertz CT molecular complexity index is 381. The van der Waals surface area contributed by atoms with Crippen LogP contribution in [0.3, 0.4) is 0 Å². The van der Waals surface area contributed by atoms with Crippen molar-refractivity contribution in [3.05, 3.63) is 16.1 Å². The molecule has 0 atom stereocenters. The second-order valence-electron chi connectivity index (χ2n) is 3.15. The van der Waals surface area contributed by atoms with Gasteiger partial charge in [0.1, 0.15) is 10.2 Å². The number of hydrogen-bond donors (Lipinski definition) is 1. The fraction of sp³-hybridized carbons (Fsp3) is 0.400. The Morgan fingerprint density at radius 3 is 3.00 bits per heavy atom. The first kappa shape index (κ1) is 10.6. The Labute approximate surface area is 96.6 Å². The van der Waals surface area contributed by atoms with Crippen LogP contribution in [-0.4, -0.2) is 21.0 Å². The average Bonchev–Trinajstić information content (AvgIpc) is 2.67. The minimum Gasteiger partial charge on any atom is -0.495 e. The molecular weight excluding hydrogens is 262 g/mol. The molecule has 0 saturated heterocycles. The molecule has 1 aliphatic rings. The molecule has 82 valence electrons. The van der Waals surface area contributed by atoms with Crippen molar-refractivity contribution in [2.75, 3.05) is 21.0 Å². The average molecular weight is 274 g/mol. The van der Waals surface area contributed by atoms with Crippen molar-refractivity contribution in [1.82, 2.24) is 5.32 Å². The van der Waals surface area contributed by atoms with E-state index in [4.69, 9.17) is 14.2 Å². The lowest BCUT2D eigenvalue weighted by molar-refractivity contribution is 0.173. The number of nitrogens with one attached hydrogen (secondary N) is 1. The number of benzene rings is 1. The van der Waals surface area contributed by atoms with Crippen LogP contribution in [0.25, 0.3) is 0 Å². The summed E-state index contributed by atoms with van der Waals surface area (Å²) in [5, 5.41) is 3.08. The van der Waals surface area contributed by atoms with Crippen LogP contribution in [0.4, 0.5) is 0 Å². The minimum absolute atomic E-state index is 0.264. The van der Waals surface area contributed by atoms with E-state index < -0.39 is 0 Å². The lowest BCUT2D eigenvalue weighted by Gasteiger charge is -2.12. The smallest absolute Gasteiger partial charge is 0.231 e. The van der Waals surface area contributed by atoms with Crippen molar-refractivity contribution in [3.63, 3.8) is 0 Å². The van der Waals surface area contributed by atoms with E-state index >= 15 is 0 Å². The monoisotopic (exact) mass is 273 g/mol. The van der Waals surface area contributed by atoms with Gasteiger partial charge in [0.2, 0.25) is 6.79 Å². The first-order valence-corrected chi connectivity index (χ1v) is 5.36. The number of fused-ring (bicyclic) bond motifs is 1. The quantitative estimate of drug-likeness (QED) is 0.914. The summed E-state index contributed by atoms with van der Waals surface area (Å²) < 4.78 is 16.8. The highest BCUT2D eigenvalue weighted by atomic mass is 79.9. The highest BCUT2D eigenvalue weighted by molar-refractivity contribution is 9.10. The summed E-state index contributed by atoms with van der Waals surface area (Å²) >= 11 is 3.46. The number of rotatable bonds is 3. The van der Waals surface area contributed by atoms with Gasteiger partial charge in [-0.2, -0.15) is 0 Å². The predicted octanol–water partition coefficient (Wildman–Crippen LogP) is 1.91. The maximum atomic E-state index is 5.34. The fourth-order valence-corrected chi connectivity index (χ4v) is 2.30. The van der Waals surface area contributed by atoms with Crippen molar-refractivity contribution >= 4 is 15.9 Å². The largest absolute Gasteiger partial charge is 0.495 e. The maximum absolute atomic E-state index is 5.34. The van der Waals surface area contributed by atoms with Crippen LogP contribution in [0.2, 0.25) is 0 Å². The fourth-order valence-electron chi connectivity index (χ4n) is 1.58. The summed E-state index contributed by atoms with van der Waals surface area (Å²) in [4.78, 5) is 0. The lowest BCUT2D eigenvalue weighted by atomic mass is 10.1. The first-order chi connectivity index (χ1) is 7.27. The van der Waals surface area contributed by atoms with Crippen LogP contribution in [-0.2, 0) is 6.54 Å². The van der Waals surface area contributed by atoms with E-state index in [1.807, 2.05) is 13.1 Å². The van der Waals surface area contributed by atoms with E-state index in [-0.39, 0.29) is 6.79 Å². The molecule has 1 N–H and O–H groups in total. The van der Waals surface area contributed by atoms with Gasteiger partial charge in [0.15, 0.2) is 11.5 Å². The van der Waals surface area contributed by atoms with Crippen molar-refractivity contribution in [2.24, 2.45) is 0 Å². The Balaban J connectivity index is 2.51. The summed E-state index contributed by atoms with van der Waals surface area (Å²) in [5.74, 6) is 2.26. The van der Waals surface area contributed by atoms with Crippen molar-refractivity contribution in [1.29, 1.82) is 0 Å². The minimum atomic E-state index is 0.264. The molecule has 15 heavy (non-hydrogen) atoms. The molecule has 4 nitrogen and oxygen atoms in total. The Kier molecular flexibility index (Phi) is 3.02. The topological polar surface area (TPSA) is 39.7 Å². The number of ether oxygens (including phenoxy) is 3. The molecule has 1 aliphatic heterocycles. The zero-order valence-corrected chi connectivity index (χ0v) is 10.2. The van der Waals surface area contributed by atoms with E-state index in [2.05, 4.69) is 21.2 Å². The zero-order valence-electron chi connectivity index (χ0n) is 8.59. The molecule has 5 heteroatoms. The Morgan fingerprint density at radius 1 is 1.53 bits per heavy atom. The van der Waals surface area contributed by atoms with Gasteiger partial charge in [0.05, 0.1) is 7.11 Å². The number of hydrogen-bond acceptors (Lipinski definition) is 4. The molecule has 1 heterocycles. The molecule has 1 aromatic carbocycles. The van der Waals surface area contributed by atoms with Gasteiger partial charge in [-0.05, 0) is 29.0 Å². The molecule has 0 amide bonds. The molecular formula is C10H12BrNO3. The lowest BCUT2D eigenvalue weighted by Crippen LogP contribution is -2.07. The van der Waals surface area contributed by atoms with Gasteiger partial charge in [-0.1, -0.05) is 0 Å². The highest BCUT2D eigenvalue weighted by Gasteiger charge is 2.23. The Morgan fingerprint density at radius 2 is 2.33 bits per heavy atom. The molecule has 0 fully saturated rings. The summed E-state index contributed by atoms with van der Waals surface area (Å²) in [6, 6.07) is 1.93. The zero-order chi connectivity index (χ0) is 10.8. The molecule has 0 aromatic heterocycles. The Hall–Kier alpha value is -0.940. The standard InChI is InChI=1S/C10H12BrNO3/c1-12-4-6-3-7-10(15-5-14-7)8(11)9(6)13-2/h3,12H,4-5H2,1-2H3. The molecule has 0 spiro atoms. The second-order valence-corrected chi connectivity index (χ2v) is 3.94. The van der Waals surface area contributed by atoms with Crippen molar-refractivity contribution in [3.8, 4) is 17.2 Å². The van der Waals surface area contributed by atoms with Crippen LogP contribution in [0.1, 0.15) is 5.56 Å². The molecule has 0 bridgehead atoms. The van der Waals surface area contributed by atoms with E-state index in [9.17, 15) is 0 Å². The third kappa shape index (κ3) is 1.77. The summed E-state index contributed by atoms with van der Waals surface area (Å²) in [5.41, 5.74) is 1.04. The van der Waals surface area contributed by atoms with Gasteiger partial charge in [0.25, 0.3) is 0 Å². The van der Waals surface area contributed by atoms with Gasteiger partial charge >= 0.3 is 0 Å².